The molecule has 0 aromatic rings. The first-order valence-electron chi connectivity index (χ1n) is 5.46. The maximum atomic E-state index is 11.3. The molecule has 0 radical (unpaired) electrons. The minimum absolute atomic E-state index is 0.110. The van der Waals surface area contributed by atoms with Gasteiger partial charge in [0.2, 0.25) is 15.9 Å². The highest BCUT2D eigenvalue weighted by Crippen LogP contribution is 2.12. The van der Waals surface area contributed by atoms with Gasteiger partial charge in [0.1, 0.15) is 6.10 Å². The Morgan fingerprint density at radius 1 is 1.53 bits per heavy atom. The Labute approximate surface area is 101 Å². The molecule has 0 spiro atoms. The lowest BCUT2D eigenvalue weighted by atomic mass is 10.1. The van der Waals surface area contributed by atoms with E-state index in [-0.39, 0.29) is 12.6 Å². The third-order valence-electron chi connectivity index (χ3n) is 2.85. The number of rotatable bonds is 5. The van der Waals surface area contributed by atoms with Crippen LogP contribution in [0.3, 0.4) is 0 Å². The van der Waals surface area contributed by atoms with Crippen LogP contribution in [0.2, 0.25) is 0 Å². The van der Waals surface area contributed by atoms with Gasteiger partial charge in [-0.25, -0.2) is 12.7 Å². The number of amides is 1. The Hall–Kier alpha value is -0.700. The lowest BCUT2D eigenvalue weighted by molar-refractivity contribution is -0.125. The van der Waals surface area contributed by atoms with E-state index in [1.54, 1.807) is 0 Å². The molecule has 100 valence electrons. The molecule has 7 nitrogen and oxygen atoms in total. The van der Waals surface area contributed by atoms with Crippen LogP contribution in [0.4, 0.5) is 0 Å². The third-order valence-corrected chi connectivity index (χ3v) is 4.15. The standard InChI is InChI=1S/C9H19N3O4S/c1-17(15,16)12-4-2-7(3-5-12)11-6-8(13)9(10)14/h7-8,11,13H,2-6H2,1H3,(H2,10,14). The topological polar surface area (TPSA) is 113 Å². The van der Waals surface area contributed by atoms with Crippen molar-refractivity contribution in [2.75, 3.05) is 25.9 Å². The molecule has 1 atom stereocenters. The van der Waals surface area contributed by atoms with Crippen LogP contribution in [0.1, 0.15) is 12.8 Å². The van der Waals surface area contributed by atoms with Gasteiger partial charge in [0.05, 0.1) is 6.26 Å². The summed E-state index contributed by atoms with van der Waals surface area (Å²) < 4.78 is 23.9. The number of nitrogens with zero attached hydrogens (tertiary/aromatic N) is 1. The van der Waals surface area contributed by atoms with Crippen LogP contribution >= 0.6 is 0 Å². The smallest absolute Gasteiger partial charge is 0.247 e. The van der Waals surface area contributed by atoms with Gasteiger partial charge in [0.15, 0.2) is 0 Å². The average molecular weight is 265 g/mol. The van der Waals surface area contributed by atoms with Crippen LogP contribution in [0.15, 0.2) is 0 Å². The van der Waals surface area contributed by atoms with Crippen LogP contribution in [-0.2, 0) is 14.8 Å². The molecule has 1 saturated heterocycles. The maximum absolute atomic E-state index is 11.3. The number of aliphatic hydroxyl groups is 1. The van der Waals surface area contributed by atoms with E-state index in [1.807, 2.05) is 0 Å². The average Bonchev–Trinajstić information content (AvgIpc) is 2.25. The number of carbonyl (C=O) groups is 1. The lowest BCUT2D eigenvalue weighted by Crippen LogP contribution is -2.47. The molecular formula is C9H19N3O4S. The van der Waals surface area contributed by atoms with E-state index in [4.69, 9.17) is 5.73 Å². The number of aliphatic hydroxyl groups excluding tert-OH is 1. The van der Waals surface area contributed by atoms with Gasteiger partial charge in [0.25, 0.3) is 0 Å². The van der Waals surface area contributed by atoms with Gasteiger partial charge in [-0.05, 0) is 12.8 Å². The highest BCUT2D eigenvalue weighted by atomic mass is 32.2. The summed E-state index contributed by atoms with van der Waals surface area (Å²) in [5.41, 5.74) is 4.91. The van der Waals surface area contributed by atoms with Crippen LogP contribution < -0.4 is 11.1 Å². The molecule has 1 heterocycles. The molecule has 1 aliphatic heterocycles. The molecule has 0 aromatic carbocycles. The summed E-state index contributed by atoms with van der Waals surface area (Å²) in [5, 5.41) is 12.2. The van der Waals surface area contributed by atoms with Gasteiger partial charge < -0.3 is 16.2 Å². The Bertz CT molecular complexity index is 362. The molecule has 1 unspecified atom stereocenters. The Morgan fingerprint density at radius 3 is 2.47 bits per heavy atom. The summed E-state index contributed by atoms with van der Waals surface area (Å²) in [6.07, 6.45) is 1.33. The number of sulfonamides is 1. The summed E-state index contributed by atoms with van der Waals surface area (Å²) in [6, 6.07) is 0.113. The largest absolute Gasteiger partial charge is 0.382 e. The summed E-state index contributed by atoms with van der Waals surface area (Å²) in [6.45, 7) is 1.03. The van der Waals surface area contributed by atoms with E-state index in [9.17, 15) is 18.3 Å². The van der Waals surface area contributed by atoms with Crippen LogP contribution in [0.5, 0.6) is 0 Å². The fraction of sp³-hybridized carbons (Fsp3) is 0.889. The second-order valence-corrected chi connectivity index (χ2v) is 6.25. The second kappa shape index (κ2) is 5.76. The zero-order valence-corrected chi connectivity index (χ0v) is 10.6. The van der Waals surface area contributed by atoms with E-state index < -0.39 is 22.0 Å². The first-order chi connectivity index (χ1) is 7.80. The number of carbonyl (C=O) groups excluding carboxylic acids is 1. The quantitative estimate of drug-likeness (QED) is 0.524. The predicted octanol–water partition coefficient (Wildman–Crippen LogP) is -2.15. The summed E-state index contributed by atoms with van der Waals surface area (Å²) in [4.78, 5) is 10.6. The minimum Gasteiger partial charge on any atom is -0.382 e. The molecule has 0 saturated carbocycles. The molecule has 1 rings (SSSR count). The van der Waals surface area contributed by atoms with Crippen LogP contribution in [0, 0.1) is 0 Å². The monoisotopic (exact) mass is 265 g/mol. The minimum atomic E-state index is -3.11. The number of piperidine rings is 1. The lowest BCUT2D eigenvalue weighted by Gasteiger charge is -2.31. The molecule has 4 N–H and O–H groups in total. The van der Waals surface area contributed by atoms with Crippen LogP contribution in [0.25, 0.3) is 0 Å². The Morgan fingerprint density at radius 2 is 2.06 bits per heavy atom. The van der Waals surface area contributed by atoms with Crippen molar-refractivity contribution >= 4 is 15.9 Å². The van der Waals surface area contributed by atoms with E-state index in [1.165, 1.54) is 10.6 Å². The molecule has 17 heavy (non-hydrogen) atoms. The zero-order chi connectivity index (χ0) is 13.1. The van der Waals surface area contributed by atoms with E-state index in [0.717, 1.165) is 0 Å². The fourth-order valence-corrected chi connectivity index (χ4v) is 2.64. The van der Waals surface area contributed by atoms with Gasteiger partial charge in [0, 0.05) is 25.7 Å². The summed E-state index contributed by atoms with van der Waals surface area (Å²) in [7, 11) is -3.11. The van der Waals surface area contributed by atoms with Crippen molar-refractivity contribution < 1.29 is 18.3 Å². The third kappa shape index (κ3) is 4.58. The van der Waals surface area contributed by atoms with Gasteiger partial charge in [-0.1, -0.05) is 0 Å². The van der Waals surface area contributed by atoms with Crippen molar-refractivity contribution in [2.45, 2.75) is 25.0 Å². The van der Waals surface area contributed by atoms with Crippen molar-refractivity contribution in [1.82, 2.24) is 9.62 Å². The Balaban J connectivity index is 2.31. The SMILES string of the molecule is CS(=O)(=O)N1CCC(NCC(O)C(N)=O)CC1. The molecule has 1 amide bonds. The summed E-state index contributed by atoms with van der Waals surface area (Å²) >= 11 is 0. The molecule has 8 heteroatoms. The predicted molar refractivity (Wildman–Crippen MR) is 62.6 cm³/mol. The van der Waals surface area contributed by atoms with Crippen molar-refractivity contribution in [2.24, 2.45) is 5.73 Å². The zero-order valence-electron chi connectivity index (χ0n) is 9.80. The number of hydrogen-bond acceptors (Lipinski definition) is 5. The van der Waals surface area contributed by atoms with Gasteiger partial charge in [-0.2, -0.15) is 0 Å². The van der Waals surface area contributed by atoms with Crippen molar-refractivity contribution in [3.05, 3.63) is 0 Å². The first-order valence-corrected chi connectivity index (χ1v) is 7.31. The summed E-state index contributed by atoms with van der Waals surface area (Å²) in [5.74, 6) is -0.758. The van der Waals surface area contributed by atoms with E-state index in [0.29, 0.717) is 25.9 Å². The number of primary amides is 1. The highest BCUT2D eigenvalue weighted by Gasteiger charge is 2.25. The normalized spacial score (nSPS) is 21.3. The van der Waals surface area contributed by atoms with E-state index in [2.05, 4.69) is 5.32 Å². The van der Waals surface area contributed by atoms with Crippen molar-refractivity contribution in [1.29, 1.82) is 0 Å². The van der Waals surface area contributed by atoms with Crippen LogP contribution in [-0.4, -0.2) is 61.8 Å². The van der Waals surface area contributed by atoms with Gasteiger partial charge >= 0.3 is 0 Å². The van der Waals surface area contributed by atoms with Gasteiger partial charge in [-0.15, -0.1) is 0 Å². The molecule has 0 aromatic heterocycles. The number of nitrogens with one attached hydrogen (secondary N) is 1. The van der Waals surface area contributed by atoms with E-state index >= 15 is 0 Å². The number of nitrogens with two attached hydrogens (primary N) is 1. The fourth-order valence-electron chi connectivity index (χ4n) is 1.77. The molecular weight excluding hydrogens is 246 g/mol. The maximum Gasteiger partial charge on any atom is 0.247 e. The highest BCUT2D eigenvalue weighted by molar-refractivity contribution is 7.88. The molecule has 1 aliphatic rings. The molecule has 0 aliphatic carbocycles. The van der Waals surface area contributed by atoms with Gasteiger partial charge in [-0.3, -0.25) is 4.79 Å². The van der Waals surface area contributed by atoms with Crippen molar-refractivity contribution in [3.63, 3.8) is 0 Å². The number of hydrogen-bond donors (Lipinski definition) is 3. The second-order valence-electron chi connectivity index (χ2n) is 4.26. The Kier molecular flexibility index (Phi) is 4.87. The molecule has 0 bridgehead atoms. The van der Waals surface area contributed by atoms with Crippen molar-refractivity contribution in [3.8, 4) is 0 Å². The first kappa shape index (κ1) is 14.4. The molecule has 1 fully saturated rings.